The Morgan fingerprint density at radius 1 is 0.826 bits per heavy atom. The molecular weight excluding hydrogens is 290 g/mol. The molecule has 0 spiro atoms. The first kappa shape index (κ1) is 14.8. The number of fused-ring (bicyclic) bond motifs is 1. The van der Waals surface area contributed by atoms with Crippen LogP contribution in [0.3, 0.4) is 0 Å². The first-order chi connectivity index (χ1) is 11.2. The van der Waals surface area contributed by atoms with Crippen LogP contribution in [0.1, 0.15) is 26.3 Å². The van der Waals surface area contributed by atoms with Crippen LogP contribution in [-0.2, 0) is 6.54 Å². The van der Waals surface area contributed by atoms with Crippen molar-refractivity contribution in [1.82, 2.24) is 5.32 Å². The van der Waals surface area contributed by atoms with E-state index in [0.717, 1.165) is 10.9 Å². The van der Waals surface area contributed by atoms with Crippen LogP contribution in [0, 0.1) is 0 Å². The minimum atomic E-state index is -1.04. The highest BCUT2D eigenvalue weighted by atomic mass is 16.4. The molecule has 1 amide bonds. The molecule has 0 aliphatic heterocycles. The van der Waals surface area contributed by atoms with Gasteiger partial charge in [0.2, 0.25) is 0 Å². The number of hydrogen-bond donors (Lipinski definition) is 2. The van der Waals surface area contributed by atoms with Crippen LogP contribution in [0.25, 0.3) is 10.8 Å². The summed E-state index contributed by atoms with van der Waals surface area (Å²) in [6.07, 6.45) is 0. The summed E-state index contributed by atoms with van der Waals surface area (Å²) in [5.74, 6) is -1.33. The van der Waals surface area contributed by atoms with Crippen molar-refractivity contribution in [2.24, 2.45) is 0 Å². The number of amides is 1. The van der Waals surface area contributed by atoms with Gasteiger partial charge in [-0.1, -0.05) is 54.6 Å². The highest BCUT2D eigenvalue weighted by Crippen LogP contribution is 2.23. The van der Waals surface area contributed by atoms with E-state index in [9.17, 15) is 14.7 Å². The van der Waals surface area contributed by atoms with E-state index in [1.165, 1.54) is 6.07 Å². The van der Waals surface area contributed by atoms with Crippen molar-refractivity contribution >= 4 is 22.6 Å². The van der Waals surface area contributed by atoms with Crippen molar-refractivity contribution in [3.8, 4) is 0 Å². The van der Waals surface area contributed by atoms with Crippen LogP contribution in [0.4, 0.5) is 0 Å². The van der Waals surface area contributed by atoms with Crippen LogP contribution >= 0.6 is 0 Å². The Labute approximate surface area is 133 Å². The van der Waals surface area contributed by atoms with Crippen molar-refractivity contribution in [2.45, 2.75) is 6.54 Å². The summed E-state index contributed by atoms with van der Waals surface area (Å²) in [6, 6.07) is 19.8. The van der Waals surface area contributed by atoms with Gasteiger partial charge in [0.15, 0.2) is 0 Å². The highest BCUT2D eigenvalue weighted by Gasteiger charge is 2.16. The number of carboxylic acids is 1. The first-order valence-electron chi connectivity index (χ1n) is 7.24. The Morgan fingerprint density at radius 2 is 1.48 bits per heavy atom. The molecule has 2 N–H and O–H groups in total. The minimum Gasteiger partial charge on any atom is -0.478 e. The summed E-state index contributed by atoms with van der Waals surface area (Å²) < 4.78 is 0. The lowest BCUT2D eigenvalue weighted by Crippen LogP contribution is -2.23. The van der Waals surface area contributed by atoms with Crippen LogP contribution in [0.15, 0.2) is 66.7 Å². The van der Waals surface area contributed by atoms with Gasteiger partial charge in [0.1, 0.15) is 0 Å². The van der Waals surface area contributed by atoms with Gasteiger partial charge < -0.3 is 10.4 Å². The standard InChI is InChI=1S/C19H15NO3/c21-18(20-12-13-6-2-1-3-7-13)15-10-4-8-14-9-5-11-16(17(14)15)19(22)23/h1-11H,12H2,(H,20,21)(H,22,23). The molecular formula is C19H15NO3. The van der Waals surface area contributed by atoms with Crippen molar-refractivity contribution in [1.29, 1.82) is 0 Å². The fourth-order valence-electron chi connectivity index (χ4n) is 2.58. The van der Waals surface area contributed by atoms with E-state index in [0.29, 0.717) is 17.5 Å². The molecule has 0 saturated carbocycles. The van der Waals surface area contributed by atoms with Crippen LogP contribution in [0.2, 0.25) is 0 Å². The number of benzene rings is 3. The molecule has 23 heavy (non-hydrogen) atoms. The molecule has 3 aromatic rings. The van der Waals surface area contributed by atoms with Crippen LogP contribution in [-0.4, -0.2) is 17.0 Å². The van der Waals surface area contributed by atoms with E-state index < -0.39 is 5.97 Å². The number of aromatic carboxylic acids is 1. The molecule has 3 aromatic carbocycles. The minimum absolute atomic E-state index is 0.132. The summed E-state index contributed by atoms with van der Waals surface area (Å²) in [7, 11) is 0. The summed E-state index contributed by atoms with van der Waals surface area (Å²) >= 11 is 0. The molecule has 0 saturated heterocycles. The zero-order chi connectivity index (χ0) is 16.2. The maximum atomic E-state index is 12.5. The Bertz CT molecular complexity index is 867. The predicted octanol–water partition coefficient (Wildman–Crippen LogP) is 3.47. The Morgan fingerprint density at radius 3 is 2.13 bits per heavy atom. The second kappa shape index (κ2) is 6.32. The van der Waals surface area contributed by atoms with Gasteiger partial charge in [0.05, 0.1) is 5.56 Å². The lowest BCUT2D eigenvalue weighted by molar-refractivity contribution is 0.0699. The second-order valence-electron chi connectivity index (χ2n) is 5.18. The van der Waals surface area contributed by atoms with E-state index in [1.54, 1.807) is 30.3 Å². The number of nitrogens with one attached hydrogen (secondary N) is 1. The zero-order valence-corrected chi connectivity index (χ0v) is 12.3. The van der Waals surface area contributed by atoms with Gasteiger partial charge >= 0.3 is 5.97 Å². The number of carbonyl (C=O) groups excluding carboxylic acids is 1. The molecule has 0 unspecified atom stereocenters. The monoisotopic (exact) mass is 305 g/mol. The molecule has 4 nitrogen and oxygen atoms in total. The van der Waals surface area contributed by atoms with Gasteiger partial charge in [-0.25, -0.2) is 4.79 Å². The van der Waals surface area contributed by atoms with E-state index in [-0.39, 0.29) is 11.5 Å². The van der Waals surface area contributed by atoms with Gasteiger partial charge in [0, 0.05) is 17.5 Å². The largest absolute Gasteiger partial charge is 0.478 e. The van der Waals surface area contributed by atoms with E-state index in [2.05, 4.69) is 5.32 Å². The van der Waals surface area contributed by atoms with Gasteiger partial charge in [-0.05, 0) is 23.1 Å². The predicted molar refractivity (Wildman–Crippen MR) is 88.5 cm³/mol. The van der Waals surface area contributed by atoms with Crippen molar-refractivity contribution in [2.75, 3.05) is 0 Å². The average molecular weight is 305 g/mol. The highest BCUT2D eigenvalue weighted by molar-refractivity contribution is 6.14. The molecule has 0 aliphatic carbocycles. The van der Waals surface area contributed by atoms with E-state index in [1.807, 2.05) is 30.3 Å². The third kappa shape index (κ3) is 3.06. The van der Waals surface area contributed by atoms with Crippen molar-refractivity contribution < 1.29 is 14.7 Å². The molecule has 3 rings (SSSR count). The third-order valence-corrected chi connectivity index (χ3v) is 3.68. The third-order valence-electron chi connectivity index (χ3n) is 3.68. The zero-order valence-electron chi connectivity index (χ0n) is 12.3. The van der Waals surface area contributed by atoms with Crippen LogP contribution in [0.5, 0.6) is 0 Å². The normalized spacial score (nSPS) is 10.4. The van der Waals surface area contributed by atoms with Crippen LogP contribution < -0.4 is 5.32 Å². The molecule has 0 aliphatic rings. The quantitative estimate of drug-likeness (QED) is 0.775. The molecule has 0 fully saturated rings. The number of rotatable bonds is 4. The maximum Gasteiger partial charge on any atom is 0.336 e. The Hall–Kier alpha value is -3.14. The topological polar surface area (TPSA) is 66.4 Å². The first-order valence-corrected chi connectivity index (χ1v) is 7.24. The summed E-state index contributed by atoms with van der Waals surface area (Å²) in [5, 5.41) is 13.4. The Kier molecular flexibility index (Phi) is 4.06. The van der Waals surface area contributed by atoms with E-state index >= 15 is 0 Å². The smallest absolute Gasteiger partial charge is 0.336 e. The molecule has 0 bridgehead atoms. The molecule has 0 aromatic heterocycles. The maximum absolute atomic E-state index is 12.5. The average Bonchev–Trinajstić information content (AvgIpc) is 2.59. The molecule has 0 atom stereocenters. The van der Waals surface area contributed by atoms with Crippen molar-refractivity contribution in [3.05, 3.63) is 83.4 Å². The fraction of sp³-hybridized carbons (Fsp3) is 0.0526. The SMILES string of the molecule is O=C(O)c1cccc2cccc(C(=O)NCc3ccccc3)c12. The molecule has 0 heterocycles. The summed E-state index contributed by atoms with van der Waals surface area (Å²) in [6.45, 7) is 0.394. The second-order valence-corrected chi connectivity index (χ2v) is 5.18. The molecule has 4 heteroatoms. The van der Waals surface area contributed by atoms with Gasteiger partial charge in [0.25, 0.3) is 5.91 Å². The number of carboxylic acid groups (broad SMARTS) is 1. The lowest BCUT2D eigenvalue weighted by atomic mass is 9.98. The fourth-order valence-corrected chi connectivity index (χ4v) is 2.58. The van der Waals surface area contributed by atoms with E-state index in [4.69, 9.17) is 0 Å². The molecule has 0 radical (unpaired) electrons. The van der Waals surface area contributed by atoms with Gasteiger partial charge in [-0.2, -0.15) is 0 Å². The Balaban J connectivity index is 1.96. The summed E-state index contributed by atoms with van der Waals surface area (Å²) in [4.78, 5) is 23.9. The van der Waals surface area contributed by atoms with Gasteiger partial charge in [-0.15, -0.1) is 0 Å². The summed E-state index contributed by atoms with van der Waals surface area (Å²) in [5.41, 5.74) is 1.49. The number of carbonyl (C=O) groups is 2. The van der Waals surface area contributed by atoms with Gasteiger partial charge in [-0.3, -0.25) is 4.79 Å². The van der Waals surface area contributed by atoms with Crippen molar-refractivity contribution in [3.63, 3.8) is 0 Å². The molecule has 114 valence electrons. The number of hydrogen-bond acceptors (Lipinski definition) is 2. The lowest BCUT2D eigenvalue weighted by Gasteiger charge is -2.10.